The topological polar surface area (TPSA) is 72.7 Å². The van der Waals surface area contributed by atoms with Crippen molar-refractivity contribution in [1.82, 2.24) is 25.5 Å². The molecule has 0 aliphatic heterocycles. The number of nitrogens with zero attached hydrogens (tertiary/aromatic N) is 4. The van der Waals surface area contributed by atoms with Gasteiger partial charge in [0.2, 0.25) is 11.7 Å². The maximum Gasteiger partial charge on any atom is 0.243 e. The van der Waals surface area contributed by atoms with Gasteiger partial charge in [-0.15, -0.1) is 10.2 Å². The van der Waals surface area contributed by atoms with Crippen molar-refractivity contribution in [2.24, 2.45) is 0 Å². The van der Waals surface area contributed by atoms with Crippen molar-refractivity contribution in [1.29, 1.82) is 0 Å². The van der Waals surface area contributed by atoms with Gasteiger partial charge in [-0.05, 0) is 42.0 Å². The fourth-order valence-corrected chi connectivity index (χ4v) is 2.99. The molecule has 28 heavy (non-hydrogen) atoms. The Kier molecular flexibility index (Phi) is 6.53. The Bertz CT molecular complexity index is 887. The number of nitrogens with one attached hydrogen (secondary N) is 1. The number of benzene rings is 2. The third-order valence-electron chi connectivity index (χ3n) is 4.69. The fourth-order valence-electron chi connectivity index (χ4n) is 2.99. The zero-order valence-corrected chi connectivity index (χ0v) is 16.7. The summed E-state index contributed by atoms with van der Waals surface area (Å²) in [6, 6.07) is 18.5. The molecule has 0 spiro atoms. The molecule has 6 heteroatoms. The van der Waals surface area contributed by atoms with E-state index in [9.17, 15) is 4.79 Å². The number of carbonyl (C=O) groups is 1. The largest absolute Gasteiger partial charge is 0.352 e. The summed E-state index contributed by atoms with van der Waals surface area (Å²) >= 11 is 0. The number of tetrazole rings is 1. The van der Waals surface area contributed by atoms with Crippen LogP contribution in [-0.2, 0) is 17.8 Å². The van der Waals surface area contributed by atoms with E-state index in [0.717, 1.165) is 18.4 Å². The van der Waals surface area contributed by atoms with Crippen LogP contribution in [0.5, 0.6) is 0 Å². The molecule has 1 amide bonds. The van der Waals surface area contributed by atoms with E-state index in [1.54, 1.807) is 0 Å². The van der Waals surface area contributed by atoms with E-state index in [0.29, 0.717) is 11.7 Å². The Hall–Kier alpha value is -3.02. The summed E-state index contributed by atoms with van der Waals surface area (Å²) in [6.45, 7) is 6.38. The highest BCUT2D eigenvalue weighted by Gasteiger charge is 2.12. The van der Waals surface area contributed by atoms with E-state index in [1.165, 1.54) is 15.9 Å². The first-order valence-corrected chi connectivity index (χ1v) is 9.72. The molecule has 1 N–H and O–H groups in total. The van der Waals surface area contributed by atoms with Gasteiger partial charge in [-0.1, -0.05) is 68.4 Å². The van der Waals surface area contributed by atoms with E-state index in [1.807, 2.05) is 37.3 Å². The Morgan fingerprint density at radius 3 is 2.43 bits per heavy atom. The Morgan fingerprint density at radius 2 is 1.75 bits per heavy atom. The van der Waals surface area contributed by atoms with Crippen LogP contribution in [0.25, 0.3) is 11.4 Å². The minimum absolute atomic E-state index is 0.0623. The number of amides is 1. The summed E-state index contributed by atoms with van der Waals surface area (Å²) in [5, 5.41) is 15.4. The van der Waals surface area contributed by atoms with Crippen LogP contribution >= 0.6 is 0 Å². The SMILES string of the molecule is CC(C)c1ccc(-c2nnn(CC(=O)N[C@H](C)CCc3ccccc3)n2)cc1. The van der Waals surface area contributed by atoms with Crippen LogP contribution in [0.1, 0.15) is 44.2 Å². The maximum absolute atomic E-state index is 12.3. The first-order chi connectivity index (χ1) is 13.5. The molecule has 6 nitrogen and oxygen atoms in total. The number of hydrogen-bond donors (Lipinski definition) is 1. The maximum atomic E-state index is 12.3. The van der Waals surface area contributed by atoms with E-state index in [4.69, 9.17) is 0 Å². The van der Waals surface area contributed by atoms with E-state index in [-0.39, 0.29) is 18.5 Å². The minimum atomic E-state index is -0.111. The van der Waals surface area contributed by atoms with Crippen LogP contribution in [0.15, 0.2) is 54.6 Å². The smallest absolute Gasteiger partial charge is 0.243 e. The molecule has 0 saturated heterocycles. The first-order valence-electron chi connectivity index (χ1n) is 9.72. The van der Waals surface area contributed by atoms with Crippen LogP contribution in [-0.4, -0.2) is 32.2 Å². The highest BCUT2D eigenvalue weighted by Crippen LogP contribution is 2.19. The Morgan fingerprint density at radius 1 is 1.04 bits per heavy atom. The Balaban J connectivity index is 1.50. The number of aromatic nitrogens is 4. The molecule has 0 fully saturated rings. The second-order valence-corrected chi connectivity index (χ2v) is 7.41. The van der Waals surface area contributed by atoms with Crippen LogP contribution in [0, 0.1) is 0 Å². The molecule has 0 saturated carbocycles. The molecular weight excluding hydrogens is 350 g/mol. The van der Waals surface area contributed by atoms with Gasteiger partial charge in [0.1, 0.15) is 6.54 Å². The molecular formula is C22H27N5O. The summed E-state index contributed by atoms with van der Waals surface area (Å²) in [4.78, 5) is 13.6. The zero-order valence-electron chi connectivity index (χ0n) is 16.7. The summed E-state index contributed by atoms with van der Waals surface area (Å²) in [5.74, 6) is 0.894. The van der Waals surface area contributed by atoms with Gasteiger partial charge in [0.15, 0.2) is 0 Å². The third kappa shape index (κ3) is 5.49. The van der Waals surface area contributed by atoms with Gasteiger partial charge in [0.05, 0.1) is 0 Å². The van der Waals surface area contributed by atoms with Gasteiger partial charge in [0.25, 0.3) is 0 Å². The molecule has 0 bridgehead atoms. The van der Waals surface area contributed by atoms with Gasteiger partial charge in [-0.2, -0.15) is 4.80 Å². The number of rotatable bonds is 8. The number of aryl methyl sites for hydroxylation is 1. The second kappa shape index (κ2) is 9.26. The highest BCUT2D eigenvalue weighted by molar-refractivity contribution is 5.75. The van der Waals surface area contributed by atoms with Crippen molar-refractivity contribution < 1.29 is 4.79 Å². The fraction of sp³-hybridized carbons (Fsp3) is 0.364. The molecule has 146 valence electrons. The molecule has 0 aliphatic carbocycles. The van der Waals surface area contributed by atoms with Gasteiger partial charge < -0.3 is 5.32 Å². The van der Waals surface area contributed by atoms with Crippen molar-refractivity contribution in [3.05, 3.63) is 65.7 Å². The first kappa shape index (κ1) is 19.7. The molecule has 0 unspecified atom stereocenters. The van der Waals surface area contributed by atoms with Crippen LogP contribution in [0.2, 0.25) is 0 Å². The molecule has 0 radical (unpaired) electrons. The lowest BCUT2D eigenvalue weighted by Crippen LogP contribution is -2.35. The molecule has 0 aliphatic rings. The average Bonchev–Trinajstić information content (AvgIpc) is 3.15. The molecule has 3 rings (SSSR count). The summed E-state index contributed by atoms with van der Waals surface area (Å²) in [5.41, 5.74) is 3.43. The van der Waals surface area contributed by atoms with Crippen molar-refractivity contribution in [2.75, 3.05) is 0 Å². The van der Waals surface area contributed by atoms with Crippen molar-refractivity contribution >= 4 is 5.91 Å². The highest BCUT2D eigenvalue weighted by atomic mass is 16.2. The Labute approximate surface area is 166 Å². The van der Waals surface area contributed by atoms with Crippen molar-refractivity contribution in [3.63, 3.8) is 0 Å². The minimum Gasteiger partial charge on any atom is -0.352 e. The molecule has 2 aromatic carbocycles. The van der Waals surface area contributed by atoms with E-state index in [2.05, 4.69) is 58.8 Å². The van der Waals surface area contributed by atoms with Gasteiger partial charge in [0, 0.05) is 11.6 Å². The molecule has 1 atom stereocenters. The zero-order chi connectivity index (χ0) is 19.9. The summed E-state index contributed by atoms with van der Waals surface area (Å²) in [7, 11) is 0. The lowest BCUT2D eigenvalue weighted by atomic mass is 10.0. The molecule has 3 aromatic rings. The monoisotopic (exact) mass is 377 g/mol. The number of hydrogen-bond acceptors (Lipinski definition) is 4. The standard InChI is InChI=1S/C22H27N5O/c1-16(2)19-11-13-20(14-12-19)22-24-26-27(25-22)15-21(28)23-17(3)9-10-18-7-5-4-6-8-18/h4-8,11-14,16-17H,9-10,15H2,1-3H3,(H,23,28)/t17-/m1/s1. The summed E-state index contributed by atoms with van der Waals surface area (Å²) in [6.07, 6.45) is 1.81. The number of carbonyl (C=O) groups excluding carboxylic acids is 1. The second-order valence-electron chi connectivity index (χ2n) is 7.41. The van der Waals surface area contributed by atoms with Gasteiger partial charge in [-0.3, -0.25) is 4.79 Å². The normalized spacial score (nSPS) is 12.1. The predicted octanol–water partition coefficient (Wildman–Crippen LogP) is 3.60. The predicted molar refractivity (Wildman–Crippen MR) is 110 cm³/mol. The van der Waals surface area contributed by atoms with E-state index >= 15 is 0 Å². The van der Waals surface area contributed by atoms with Crippen molar-refractivity contribution in [3.8, 4) is 11.4 Å². The summed E-state index contributed by atoms with van der Waals surface area (Å²) < 4.78 is 0. The lowest BCUT2D eigenvalue weighted by molar-refractivity contribution is -0.122. The average molecular weight is 377 g/mol. The van der Waals surface area contributed by atoms with Gasteiger partial charge in [-0.25, -0.2) is 0 Å². The van der Waals surface area contributed by atoms with Gasteiger partial charge >= 0.3 is 0 Å². The van der Waals surface area contributed by atoms with E-state index < -0.39 is 0 Å². The molecule has 1 heterocycles. The van der Waals surface area contributed by atoms with Crippen LogP contribution in [0.4, 0.5) is 0 Å². The third-order valence-corrected chi connectivity index (χ3v) is 4.69. The van der Waals surface area contributed by atoms with Crippen LogP contribution in [0.3, 0.4) is 0 Å². The van der Waals surface area contributed by atoms with Crippen LogP contribution < -0.4 is 5.32 Å². The lowest BCUT2D eigenvalue weighted by Gasteiger charge is -2.13. The molecule has 1 aromatic heterocycles. The quantitative estimate of drug-likeness (QED) is 0.651. The van der Waals surface area contributed by atoms with Crippen molar-refractivity contribution in [2.45, 2.75) is 52.1 Å².